The molecular weight excluding hydrogens is 503 g/mol. The fraction of sp³-hybridized carbons (Fsp3) is 0.400. The third-order valence-electron chi connectivity index (χ3n) is 4.52. The van der Waals surface area contributed by atoms with E-state index in [0.717, 1.165) is 18.7 Å². The number of amides is 1. The largest absolute Gasteiger partial charge is 0.493 e. The van der Waals surface area contributed by atoms with Crippen LogP contribution >= 0.6 is 35.3 Å². The average Bonchev–Trinajstić information content (AvgIpc) is 3.19. The predicted molar refractivity (Wildman–Crippen MR) is 128 cm³/mol. The topological polar surface area (TPSA) is 75.2 Å². The Bertz CT molecular complexity index is 856. The minimum absolute atomic E-state index is 0. The van der Waals surface area contributed by atoms with Crippen molar-refractivity contribution in [1.29, 1.82) is 0 Å². The lowest BCUT2D eigenvalue weighted by Crippen LogP contribution is -2.43. The normalized spacial score (nSPS) is 13.2. The minimum atomic E-state index is 0. The zero-order valence-corrected chi connectivity index (χ0v) is 20.0. The summed E-state index contributed by atoms with van der Waals surface area (Å²) >= 11 is 1.77. The number of ether oxygens (including phenoxy) is 2. The van der Waals surface area contributed by atoms with E-state index in [4.69, 9.17) is 9.47 Å². The van der Waals surface area contributed by atoms with Crippen LogP contribution in [0.4, 0.5) is 5.69 Å². The van der Waals surface area contributed by atoms with Crippen LogP contribution < -0.4 is 20.1 Å². The Morgan fingerprint density at radius 2 is 2.14 bits per heavy atom. The van der Waals surface area contributed by atoms with Crippen molar-refractivity contribution in [3.05, 3.63) is 40.1 Å². The summed E-state index contributed by atoms with van der Waals surface area (Å²) in [5.74, 6) is 1.91. The Morgan fingerprint density at radius 3 is 2.86 bits per heavy atom. The molecule has 0 aliphatic carbocycles. The number of rotatable bonds is 6. The van der Waals surface area contributed by atoms with Crippen LogP contribution in [0.3, 0.4) is 0 Å². The van der Waals surface area contributed by atoms with Crippen molar-refractivity contribution in [3.63, 3.8) is 0 Å². The van der Waals surface area contributed by atoms with E-state index < -0.39 is 0 Å². The van der Waals surface area contributed by atoms with Crippen LogP contribution in [0.5, 0.6) is 11.5 Å². The summed E-state index contributed by atoms with van der Waals surface area (Å²) in [6, 6.07) is 7.66. The van der Waals surface area contributed by atoms with E-state index >= 15 is 0 Å². The molecule has 0 atom stereocenters. The number of benzene rings is 1. The molecule has 0 fully saturated rings. The first kappa shape index (κ1) is 23.3. The van der Waals surface area contributed by atoms with E-state index in [2.05, 4.69) is 27.1 Å². The monoisotopic (exact) mass is 530 g/mol. The van der Waals surface area contributed by atoms with Gasteiger partial charge in [-0.25, -0.2) is 0 Å². The summed E-state index contributed by atoms with van der Waals surface area (Å²) in [6.07, 6.45) is 0.928. The molecule has 3 rings (SSSR count). The fourth-order valence-corrected chi connectivity index (χ4v) is 3.96. The number of halogens is 1. The molecule has 0 saturated carbocycles. The number of guanidine groups is 1. The maximum Gasteiger partial charge on any atom is 0.242 e. The van der Waals surface area contributed by atoms with Gasteiger partial charge in [-0.1, -0.05) is 0 Å². The Morgan fingerprint density at radius 1 is 1.31 bits per heavy atom. The zero-order chi connectivity index (χ0) is 19.9. The second-order valence-corrected chi connectivity index (χ2v) is 7.28. The zero-order valence-electron chi connectivity index (χ0n) is 16.9. The highest BCUT2D eigenvalue weighted by atomic mass is 127. The standard InChI is InChI=1S/C20H26N4O3S.HI/c1-4-27-17-11-15(5-6-16(17)26-3)23-20(21-2)22-12-19(25)24-9-7-18-14(13-24)8-10-28-18;/h5-6,8,10-11H,4,7,9,12-13H2,1-3H3,(H2,21,22,23);1H. The molecule has 0 unspecified atom stereocenters. The van der Waals surface area contributed by atoms with Gasteiger partial charge in [0, 0.05) is 36.8 Å². The van der Waals surface area contributed by atoms with Gasteiger partial charge in [-0.2, -0.15) is 0 Å². The van der Waals surface area contributed by atoms with Crippen molar-refractivity contribution in [3.8, 4) is 11.5 Å². The molecule has 1 amide bonds. The first-order valence-electron chi connectivity index (χ1n) is 9.26. The molecule has 2 heterocycles. The molecule has 7 nitrogen and oxygen atoms in total. The summed E-state index contributed by atoms with van der Waals surface area (Å²) in [5.41, 5.74) is 2.06. The number of methoxy groups -OCH3 is 1. The lowest BCUT2D eigenvalue weighted by atomic mass is 10.1. The molecule has 0 spiro atoms. The number of aliphatic imine (C=N–C) groups is 1. The van der Waals surface area contributed by atoms with Gasteiger partial charge in [0.15, 0.2) is 17.5 Å². The summed E-state index contributed by atoms with van der Waals surface area (Å²) in [6.45, 7) is 4.10. The van der Waals surface area contributed by atoms with Gasteiger partial charge < -0.3 is 25.0 Å². The number of fused-ring (bicyclic) bond motifs is 1. The van der Waals surface area contributed by atoms with Crippen molar-refractivity contribution in [1.82, 2.24) is 10.2 Å². The van der Waals surface area contributed by atoms with Gasteiger partial charge in [0.05, 0.1) is 20.3 Å². The van der Waals surface area contributed by atoms with E-state index in [0.29, 0.717) is 30.6 Å². The summed E-state index contributed by atoms with van der Waals surface area (Å²) < 4.78 is 10.9. The lowest BCUT2D eigenvalue weighted by Gasteiger charge is -2.27. The minimum Gasteiger partial charge on any atom is -0.493 e. The molecule has 9 heteroatoms. The third kappa shape index (κ3) is 5.99. The van der Waals surface area contributed by atoms with Crippen LogP contribution in [-0.4, -0.2) is 50.6 Å². The van der Waals surface area contributed by atoms with Gasteiger partial charge in [-0.15, -0.1) is 35.3 Å². The molecule has 158 valence electrons. The highest BCUT2D eigenvalue weighted by Crippen LogP contribution is 2.30. The van der Waals surface area contributed by atoms with Crippen LogP contribution in [0, 0.1) is 0 Å². The van der Waals surface area contributed by atoms with Crippen molar-refractivity contribution in [2.24, 2.45) is 4.99 Å². The molecule has 1 aliphatic rings. The first-order chi connectivity index (χ1) is 13.6. The van der Waals surface area contributed by atoms with Crippen LogP contribution in [0.2, 0.25) is 0 Å². The van der Waals surface area contributed by atoms with Crippen LogP contribution in [0.25, 0.3) is 0 Å². The molecule has 29 heavy (non-hydrogen) atoms. The Balaban J connectivity index is 0.00000300. The van der Waals surface area contributed by atoms with Crippen molar-refractivity contribution in [2.75, 3.05) is 39.2 Å². The van der Waals surface area contributed by atoms with Gasteiger partial charge >= 0.3 is 0 Å². The second-order valence-electron chi connectivity index (χ2n) is 6.28. The smallest absolute Gasteiger partial charge is 0.242 e. The number of anilines is 1. The van der Waals surface area contributed by atoms with Gasteiger partial charge in [0.25, 0.3) is 0 Å². The molecule has 2 aromatic rings. The maximum atomic E-state index is 12.6. The lowest BCUT2D eigenvalue weighted by molar-refractivity contribution is -0.130. The fourth-order valence-electron chi connectivity index (χ4n) is 3.07. The predicted octanol–water partition coefficient (Wildman–Crippen LogP) is 3.35. The number of nitrogens with zero attached hydrogens (tertiary/aromatic N) is 2. The first-order valence-corrected chi connectivity index (χ1v) is 10.1. The highest BCUT2D eigenvalue weighted by molar-refractivity contribution is 14.0. The summed E-state index contributed by atoms with van der Waals surface area (Å²) in [4.78, 5) is 20.0. The molecule has 0 radical (unpaired) electrons. The molecule has 1 aromatic heterocycles. The van der Waals surface area contributed by atoms with Crippen LogP contribution in [0.1, 0.15) is 17.4 Å². The van der Waals surface area contributed by atoms with Gasteiger partial charge in [-0.05, 0) is 42.5 Å². The quantitative estimate of drug-likeness (QED) is 0.341. The summed E-state index contributed by atoms with van der Waals surface area (Å²) in [5, 5.41) is 8.37. The number of hydrogen-bond acceptors (Lipinski definition) is 5. The van der Waals surface area contributed by atoms with Crippen molar-refractivity contribution >= 4 is 52.9 Å². The van der Waals surface area contributed by atoms with Gasteiger partial charge in [-0.3, -0.25) is 9.79 Å². The summed E-state index contributed by atoms with van der Waals surface area (Å²) in [7, 11) is 3.28. The molecule has 1 aromatic carbocycles. The molecule has 0 saturated heterocycles. The van der Waals surface area contributed by atoms with E-state index in [-0.39, 0.29) is 36.4 Å². The molecular formula is C20H27IN4O3S. The van der Waals surface area contributed by atoms with Crippen LogP contribution in [0.15, 0.2) is 34.6 Å². The number of nitrogens with one attached hydrogen (secondary N) is 2. The number of hydrogen-bond donors (Lipinski definition) is 2. The average molecular weight is 530 g/mol. The van der Waals surface area contributed by atoms with E-state index in [1.807, 2.05) is 30.0 Å². The third-order valence-corrected chi connectivity index (χ3v) is 5.54. The Kier molecular flexibility index (Phi) is 9.02. The Hall–Kier alpha value is -2.01. The van der Waals surface area contributed by atoms with E-state index in [1.165, 1.54) is 10.4 Å². The number of carbonyl (C=O) groups excluding carboxylic acids is 1. The van der Waals surface area contributed by atoms with Crippen LogP contribution in [-0.2, 0) is 17.8 Å². The van der Waals surface area contributed by atoms with Crippen molar-refractivity contribution < 1.29 is 14.3 Å². The molecule has 0 bridgehead atoms. The van der Waals surface area contributed by atoms with E-state index in [9.17, 15) is 4.79 Å². The maximum absolute atomic E-state index is 12.6. The van der Waals surface area contributed by atoms with Gasteiger partial charge in [0.1, 0.15) is 0 Å². The number of carbonyl (C=O) groups is 1. The molecule has 2 N–H and O–H groups in total. The SMILES string of the molecule is CCOc1cc(NC(=NC)NCC(=O)N2CCc3sccc3C2)ccc1OC.I. The van der Waals surface area contributed by atoms with Gasteiger partial charge in [0.2, 0.25) is 5.91 Å². The molecule has 1 aliphatic heterocycles. The number of thiophene rings is 1. The Labute approximate surface area is 192 Å². The van der Waals surface area contributed by atoms with E-state index in [1.54, 1.807) is 25.5 Å². The van der Waals surface area contributed by atoms with Crippen molar-refractivity contribution in [2.45, 2.75) is 19.9 Å². The highest BCUT2D eigenvalue weighted by Gasteiger charge is 2.21. The second kappa shape index (κ2) is 11.2.